The third-order valence-electron chi connectivity index (χ3n) is 7.70. The summed E-state index contributed by atoms with van der Waals surface area (Å²) in [7, 11) is 3.24. The highest BCUT2D eigenvalue weighted by molar-refractivity contribution is 7.81. The van der Waals surface area contributed by atoms with Gasteiger partial charge in [-0.25, -0.2) is 4.98 Å². The number of nitrogen functional groups attached to an aromatic ring is 1. The number of aromatic nitrogens is 4. The quantitative estimate of drug-likeness (QED) is 0.148. The Bertz CT molecular complexity index is 1710. The number of imidazole rings is 1. The first-order chi connectivity index (χ1) is 20.8. The summed E-state index contributed by atoms with van der Waals surface area (Å²) in [6.45, 7) is 0.0530. The maximum Gasteiger partial charge on any atom is 0.280 e. The minimum Gasteiger partial charge on any atom is -0.497 e. The first-order valence-electron chi connectivity index (χ1n) is 13.6. The van der Waals surface area contributed by atoms with Gasteiger partial charge in [0.2, 0.25) is 5.95 Å². The molecule has 3 aromatic carbocycles. The number of hydrogen-bond acceptors (Lipinski definition) is 10. The van der Waals surface area contributed by atoms with Crippen molar-refractivity contribution in [3.63, 3.8) is 0 Å². The van der Waals surface area contributed by atoms with Gasteiger partial charge in [0.05, 0.1) is 38.5 Å². The molecular weight excluding hydrogens is 570 g/mol. The van der Waals surface area contributed by atoms with E-state index >= 15 is 0 Å². The van der Waals surface area contributed by atoms with Crippen LogP contribution in [0.4, 0.5) is 5.95 Å². The van der Waals surface area contributed by atoms with Gasteiger partial charge in [0.1, 0.15) is 23.2 Å². The molecule has 1 aliphatic heterocycles. The summed E-state index contributed by atoms with van der Waals surface area (Å²) < 4.78 is 25.6. The molecule has 0 spiro atoms. The van der Waals surface area contributed by atoms with Crippen molar-refractivity contribution in [2.45, 2.75) is 29.3 Å². The van der Waals surface area contributed by atoms with E-state index in [-0.39, 0.29) is 23.7 Å². The lowest BCUT2D eigenvalue weighted by molar-refractivity contribution is -0.0848. The topological polar surface area (TPSA) is 147 Å². The van der Waals surface area contributed by atoms with E-state index in [1.807, 2.05) is 78.9 Å². The van der Waals surface area contributed by atoms with Crippen LogP contribution >= 0.6 is 12.6 Å². The highest BCUT2D eigenvalue weighted by Crippen LogP contribution is 2.43. The Morgan fingerprint density at radius 3 is 2.14 bits per heavy atom. The Hall–Kier alpha value is -4.36. The average Bonchev–Trinajstić information content (AvgIpc) is 3.58. The lowest BCUT2D eigenvalue weighted by Crippen LogP contribution is -2.38. The SMILES string of the molecule is COc1ccc(C(OC[C@H]2O[C@@H](n3cnc4c(=O)[nH]c(N)nc43)C(O)C2S)(c2ccccc2)c2ccc(OC)cc2)cc1. The highest BCUT2D eigenvalue weighted by atomic mass is 32.1. The molecule has 0 saturated carbocycles. The number of nitrogens with one attached hydrogen (secondary N) is 1. The second-order valence-corrected chi connectivity index (χ2v) is 10.7. The van der Waals surface area contributed by atoms with E-state index in [1.54, 1.807) is 14.2 Å². The fraction of sp³-hybridized carbons (Fsp3) is 0.258. The van der Waals surface area contributed by atoms with E-state index in [1.165, 1.54) is 10.9 Å². The summed E-state index contributed by atoms with van der Waals surface area (Å²) in [5.74, 6) is 1.35. The number of nitrogens with zero attached hydrogens (tertiary/aromatic N) is 3. The number of rotatable bonds is 9. The van der Waals surface area contributed by atoms with Gasteiger partial charge in [0.15, 0.2) is 17.4 Å². The zero-order chi connectivity index (χ0) is 30.1. The van der Waals surface area contributed by atoms with E-state index in [0.717, 1.165) is 16.7 Å². The van der Waals surface area contributed by atoms with Gasteiger partial charge in [0.25, 0.3) is 5.56 Å². The maximum atomic E-state index is 12.3. The van der Waals surface area contributed by atoms with Crippen LogP contribution < -0.4 is 20.8 Å². The number of fused-ring (bicyclic) bond motifs is 1. The molecule has 4 N–H and O–H groups in total. The molecule has 0 amide bonds. The Morgan fingerprint density at radius 1 is 0.977 bits per heavy atom. The Morgan fingerprint density at radius 2 is 1.56 bits per heavy atom. The molecule has 43 heavy (non-hydrogen) atoms. The van der Waals surface area contributed by atoms with Gasteiger partial charge in [-0.3, -0.25) is 14.3 Å². The monoisotopic (exact) mass is 601 g/mol. The van der Waals surface area contributed by atoms with E-state index in [0.29, 0.717) is 11.5 Å². The second-order valence-electron chi connectivity index (χ2n) is 10.1. The molecule has 5 aromatic rings. The normalized spacial score (nSPS) is 20.4. The molecule has 0 aliphatic carbocycles. The number of aliphatic hydroxyl groups excluding tert-OH is 1. The average molecular weight is 602 g/mol. The third kappa shape index (κ3) is 5.12. The largest absolute Gasteiger partial charge is 0.497 e. The zero-order valence-corrected chi connectivity index (χ0v) is 24.3. The maximum absolute atomic E-state index is 12.3. The molecule has 1 fully saturated rings. The van der Waals surface area contributed by atoms with Crippen molar-refractivity contribution in [3.8, 4) is 11.5 Å². The number of methoxy groups -OCH3 is 2. The molecule has 0 bridgehead atoms. The summed E-state index contributed by atoms with van der Waals surface area (Å²) in [5, 5.41) is 10.6. The van der Waals surface area contributed by atoms with Crippen LogP contribution in [0.2, 0.25) is 0 Å². The van der Waals surface area contributed by atoms with Crippen LogP contribution in [0.3, 0.4) is 0 Å². The number of nitrogens with two attached hydrogens (primary N) is 1. The van der Waals surface area contributed by atoms with E-state index in [9.17, 15) is 9.90 Å². The highest BCUT2D eigenvalue weighted by Gasteiger charge is 2.46. The summed E-state index contributed by atoms with van der Waals surface area (Å²) in [5.41, 5.74) is 7.09. The Balaban J connectivity index is 1.39. The standard InChI is InChI=1S/C31H31N5O6S/c1-39-21-12-8-19(9-13-21)31(18-6-4-3-5-7-18,20-10-14-22(40-2)15-11-20)41-16-23-26(43)25(37)29(42-23)36-17-33-24-27(36)34-30(32)35-28(24)38/h3-15,17,23,25-26,29,37,43H,16H2,1-2H3,(H3,32,34,35,38)/t23-,25?,26?,29-/m1/s1. The Kier molecular flexibility index (Phi) is 7.84. The zero-order valence-electron chi connectivity index (χ0n) is 23.5. The lowest BCUT2D eigenvalue weighted by atomic mass is 9.80. The summed E-state index contributed by atoms with van der Waals surface area (Å²) in [6, 6.07) is 25.3. The van der Waals surface area contributed by atoms with E-state index in [4.69, 9.17) is 37.3 Å². The van der Waals surface area contributed by atoms with Crippen molar-refractivity contribution in [3.05, 3.63) is 112 Å². The Labute approximate surface area is 252 Å². The predicted octanol–water partition coefficient (Wildman–Crippen LogP) is 3.28. The van der Waals surface area contributed by atoms with E-state index < -0.39 is 34.8 Å². The number of H-pyrrole nitrogens is 1. The van der Waals surface area contributed by atoms with Crippen molar-refractivity contribution < 1.29 is 24.1 Å². The molecule has 6 rings (SSSR count). The molecule has 1 saturated heterocycles. The smallest absolute Gasteiger partial charge is 0.280 e. The number of hydrogen-bond donors (Lipinski definition) is 4. The van der Waals surface area contributed by atoms with Crippen LogP contribution in [0.15, 0.2) is 90.0 Å². The molecule has 2 unspecified atom stereocenters. The summed E-state index contributed by atoms with van der Waals surface area (Å²) >= 11 is 4.72. The van der Waals surface area contributed by atoms with Crippen LogP contribution in [0, 0.1) is 0 Å². The number of aromatic amines is 1. The van der Waals surface area contributed by atoms with Crippen LogP contribution in [0.5, 0.6) is 11.5 Å². The third-order valence-corrected chi connectivity index (χ3v) is 8.34. The number of aliphatic hydroxyl groups is 1. The molecule has 1 aliphatic rings. The van der Waals surface area contributed by atoms with Gasteiger partial charge in [-0.15, -0.1) is 0 Å². The van der Waals surface area contributed by atoms with Gasteiger partial charge in [-0.05, 0) is 41.0 Å². The number of ether oxygens (including phenoxy) is 4. The molecule has 222 valence electrons. The summed E-state index contributed by atoms with van der Waals surface area (Å²) in [4.78, 5) is 23.1. The van der Waals surface area contributed by atoms with Crippen molar-refractivity contribution in [2.75, 3.05) is 26.6 Å². The van der Waals surface area contributed by atoms with Gasteiger partial charge in [-0.2, -0.15) is 17.6 Å². The number of thiol groups is 1. The number of anilines is 1. The lowest BCUT2D eigenvalue weighted by Gasteiger charge is -2.37. The fourth-order valence-electron chi connectivity index (χ4n) is 5.51. The first-order valence-corrected chi connectivity index (χ1v) is 14.1. The van der Waals surface area contributed by atoms with Gasteiger partial charge in [0, 0.05) is 0 Å². The first kappa shape index (κ1) is 28.7. The van der Waals surface area contributed by atoms with E-state index in [2.05, 4.69) is 15.0 Å². The van der Waals surface area contributed by atoms with Crippen molar-refractivity contribution >= 4 is 29.7 Å². The second kappa shape index (κ2) is 11.7. The minimum absolute atomic E-state index is 0.0530. The molecular formula is C31H31N5O6S. The van der Waals surface area contributed by atoms with Crippen molar-refractivity contribution in [1.29, 1.82) is 0 Å². The predicted molar refractivity (Wildman–Crippen MR) is 164 cm³/mol. The molecule has 12 heteroatoms. The molecule has 3 heterocycles. The van der Waals surface area contributed by atoms with Crippen LogP contribution in [-0.2, 0) is 15.1 Å². The minimum atomic E-state index is -1.08. The number of benzene rings is 3. The van der Waals surface area contributed by atoms with Crippen LogP contribution in [-0.4, -0.2) is 62.9 Å². The molecule has 2 aromatic heterocycles. The molecule has 0 radical (unpaired) electrons. The molecule has 11 nitrogen and oxygen atoms in total. The van der Waals surface area contributed by atoms with Gasteiger partial charge < -0.3 is 29.8 Å². The fourth-order valence-corrected chi connectivity index (χ4v) is 5.81. The summed E-state index contributed by atoms with van der Waals surface area (Å²) in [6.07, 6.45) is -1.25. The van der Waals surface area contributed by atoms with Crippen LogP contribution in [0.1, 0.15) is 22.9 Å². The van der Waals surface area contributed by atoms with Gasteiger partial charge in [-0.1, -0.05) is 54.6 Å². The molecule has 4 atom stereocenters. The van der Waals surface area contributed by atoms with Crippen molar-refractivity contribution in [2.24, 2.45) is 0 Å². The van der Waals surface area contributed by atoms with Gasteiger partial charge >= 0.3 is 0 Å². The van der Waals surface area contributed by atoms with Crippen molar-refractivity contribution in [1.82, 2.24) is 19.5 Å². The van der Waals surface area contributed by atoms with Crippen LogP contribution in [0.25, 0.3) is 11.2 Å².